The molecule has 0 aromatic carbocycles. The summed E-state index contributed by atoms with van der Waals surface area (Å²) in [5.41, 5.74) is 0.365. The Kier molecular flexibility index (Phi) is 6.54. The smallest absolute Gasteiger partial charge is 0.328 e. The van der Waals surface area contributed by atoms with Crippen LogP contribution in [0.3, 0.4) is 0 Å². The molecule has 7 nitrogen and oxygen atoms in total. The predicted molar refractivity (Wildman–Crippen MR) is 86.8 cm³/mol. The molecule has 1 N–H and O–H groups in total. The predicted octanol–water partition coefficient (Wildman–Crippen LogP) is 1.57. The van der Waals surface area contributed by atoms with Crippen molar-refractivity contribution in [2.45, 2.75) is 38.8 Å². The summed E-state index contributed by atoms with van der Waals surface area (Å²) >= 11 is 0. The second-order valence-corrected chi connectivity index (χ2v) is 6.03. The third-order valence-electron chi connectivity index (χ3n) is 3.86. The minimum atomic E-state index is -0.694. The van der Waals surface area contributed by atoms with E-state index in [0.717, 1.165) is 12.8 Å². The quantitative estimate of drug-likeness (QED) is 0.794. The van der Waals surface area contributed by atoms with Gasteiger partial charge in [0.25, 0.3) is 5.91 Å². The first-order valence-corrected chi connectivity index (χ1v) is 8.10. The molecule has 0 aliphatic carbocycles. The fourth-order valence-electron chi connectivity index (χ4n) is 2.40. The molecule has 24 heavy (non-hydrogen) atoms. The summed E-state index contributed by atoms with van der Waals surface area (Å²) in [7, 11) is 1.30. The van der Waals surface area contributed by atoms with Crippen molar-refractivity contribution in [3.8, 4) is 5.88 Å². The van der Waals surface area contributed by atoms with Crippen molar-refractivity contribution in [2.24, 2.45) is 5.92 Å². The highest BCUT2D eigenvalue weighted by Gasteiger charge is 2.25. The zero-order chi connectivity index (χ0) is 17.5. The first kappa shape index (κ1) is 18.2. The number of aromatic nitrogens is 1. The van der Waals surface area contributed by atoms with Crippen molar-refractivity contribution >= 4 is 11.9 Å². The van der Waals surface area contributed by atoms with Crippen LogP contribution in [0.2, 0.25) is 0 Å². The molecule has 2 heterocycles. The largest absolute Gasteiger partial charge is 0.474 e. The van der Waals surface area contributed by atoms with Gasteiger partial charge in [0.15, 0.2) is 0 Å². The van der Waals surface area contributed by atoms with Crippen LogP contribution in [0.25, 0.3) is 0 Å². The van der Waals surface area contributed by atoms with E-state index in [1.807, 2.05) is 13.8 Å². The molecule has 0 spiro atoms. The van der Waals surface area contributed by atoms with Crippen molar-refractivity contribution in [3.63, 3.8) is 0 Å². The molecule has 1 aliphatic heterocycles. The number of hydrogen-bond acceptors (Lipinski definition) is 6. The molecule has 2 rings (SSSR count). The molecular weight excluding hydrogens is 312 g/mol. The fraction of sp³-hybridized carbons (Fsp3) is 0.588. The highest BCUT2D eigenvalue weighted by atomic mass is 16.5. The number of methoxy groups -OCH3 is 1. The number of carbonyl (C=O) groups excluding carboxylic acids is 2. The lowest BCUT2D eigenvalue weighted by atomic mass is 10.0. The molecule has 7 heteroatoms. The Morgan fingerprint density at radius 3 is 2.54 bits per heavy atom. The standard InChI is InChI=1S/C17H24N2O5/c1-11(2)15(17(21)22-3)19-16(20)12-4-5-14(18-10-12)24-13-6-8-23-9-7-13/h4-5,10-11,13,15H,6-9H2,1-3H3,(H,19,20)/t15-/m1/s1. The Morgan fingerprint density at radius 2 is 2.00 bits per heavy atom. The first-order chi connectivity index (χ1) is 11.5. The Morgan fingerprint density at radius 1 is 1.29 bits per heavy atom. The molecule has 0 radical (unpaired) electrons. The van der Waals surface area contributed by atoms with Crippen molar-refractivity contribution < 1.29 is 23.8 Å². The van der Waals surface area contributed by atoms with Gasteiger partial charge in [0.2, 0.25) is 5.88 Å². The van der Waals surface area contributed by atoms with Crippen molar-refractivity contribution in [3.05, 3.63) is 23.9 Å². The lowest BCUT2D eigenvalue weighted by molar-refractivity contribution is -0.144. The van der Waals surface area contributed by atoms with E-state index in [2.05, 4.69) is 10.3 Å². The summed E-state index contributed by atoms with van der Waals surface area (Å²) in [6.07, 6.45) is 3.20. The van der Waals surface area contributed by atoms with E-state index in [-0.39, 0.29) is 17.9 Å². The lowest BCUT2D eigenvalue weighted by Gasteiger charge is -2.22. The summed E-state index contributed by atoms with van der Waals surface area (Å²) in [4.78, 5) is 28.1. The van der Waals surface area contributed by atoms with Crippen molar-refractivity contribution in [1.82, 2.24) is 10.3 Å². The summed E-state index contributed by atoms with van der Waals surface area (Å²) in [6.45, 7) is 5.06. The summed E-state index contributed by atoms with van der Waals surface area (Å²) < 4.78 is 15.8. The van der Waals surface area contributed by atoms with Gasteiger partial charge in [-0.05, 0) is 12.0 Å². The molecule has 0 bridgehead atoms. The molecule has 1 atom stereocenters. The normalized spacial score (nSPS) is 16.5. The third-order valence-corrected chi connectivity index (χ3v) is 3.86. The Hall–Kier alpha value is -2.15. The number of nitrogens with one attached hydrogen (secondary N) is 1. The van der Waals surface area contributed by atoms with Gasteiger partial charge in [-0.2, -0.15) is 0 Å². The van der Waals surface area contributed by atoms with Crippen LogP contribution in [-0.4, -0.2) is 49.3 Å². The van der Waals surface area contributed by atoms with E-state index >= 15 is 0 Å². The summed E-state index contributed by atoms with van der Waals surface area (Å²) in [6, 6.07) is 2.60. The summed E-state index contributed by atoms with van der Waals surface area (Å²) in [5.74, 6) is -0.438. The number of pyridine rings is 1. The Bertz CT molecular complexity index is 553. The molecule has 1 aromatic heterocycles. The van der Waals surface area contributed by atoms with Crippen LogP contribution in [0.4, 0.5) is 0 Å². The van der Waals surface area contributed by atoms with Gasteiger partial charge in [-0.3, -0.25) is 4.79 Å². The second kappa shape index (κ2) is 8.63. The minimum Gasteiger partial charge on any atom is -0.474 e. The van der Waals surface area contributed by atoms with E-state index < -0.39 is 12.0 Å². The molecular formula is C17H24N2O5. The van der Waals surface area contributed by atoms with E-state index in [1.165, 1.54) is 13.3 Å². The Labute approximate surface area is 141 Å². The van der Waals surface area contributed by atoms with Crippen LogP contribution in [0, 0.1) is 5.92 Å². The molecule has 132 valence electrons. The number of amides is 1. The van der Waals surface area contributed by atoms with E-state index in [9.17, 15) is 9.59 Å². The van der Waals surface area contributed by atoms with Crippen molar-refractivity contribution in [1.29, 1.82) is 0 Å². The van der Waals surface area contributed by atoms with Gasteiger partial charge in [-0.25, -0.2) is 9.78 Å². The average Bonchev–Trinajstić information content (AvgIpc) is 2.60. The molecule has 0 saturated carbocycles. The Balaban J connectivity index is 1.96. The zero-order valence-electron chi connectivity index (χ0n) is 14.3. The number of carbonyl (C=O) groups is 2. The number of hydrogen-bond donors (Lipinski definition) is 1. The number of esters is 1. The SMILES string of the molecule is COC(=O)[C@H](NC(=O)c1ccc(OC2CCOCC2)nc1)C(C)C. The molecule has 1 fully saturated rings. The van der Waals surface area contributed by atoms with Gasteiger partial charge in [0.05, 0.1) is 25.9 Å². The monoisotopic (exact) mass is 336 g/mol. The van der Waals surface area contributed by atoms with Gasteiger partial charge in [-0.1, -0.05) is 13.8 Å². The number of ether oxygens (including phenoxy) is 3. The second-order valence-electron chi connectivity index (χ2n) is 6.03. The lowest BCUT2D eigenvalue weighted by Crippen LogP contribution is -2.45. The first-order valence-electron chi connectivity index (χ1n) is 8.10. The minimum absolute atomic E-state index is 0.0783. The highest BCUT2D eigenvalue weighted by molar-refractivity contribution is 5.96. The van der Waals surface area contributed by atoms with Gasteiger partial charge in [0, 0.05) is 25.1 Å². The average molecular weight is 336 g/mol. The molecule has 1 aromatic rings. The molecule has 1 saturated heterocycles. The third kappa shape index (κ3) is 4.92. The van der Waals surface area contributed by atoms with Gasteiger partial charge < -0.3 is 19.5 Å². The van der Waals surface area contributed by atoms with Crippen LogP contribution < -0.4 is 10.1 Å². The number of nitrogens with zero attached hydrogens (tertiary/aromatic N) is 1. The van der Waals surface area contributed by atoms with E-state index in [1.54, 1.807) is 12.1 Å². The maximum absolute atomic E-state index is 12.3. The van der Waals surface area contributed by atoms with Crippen LogP contribution >= 0.6 is 0 Å². The van der Waals surface area contributed by atoms with Crippen LogP contribution in [0.1, 0.15) is 37.0 Å². The maximum Gasteiger partial charge on any atom is 0.328 e. The summed E-state index contributed by atoms with van der Waals surface area (Å²) in [5, 5.41) is 2.67. The molecule has 0 unspecified atom stereocenters. The van der Waals surface area contributed by atoms with Gasteiger partial charge in [0.1, 0.15) is 12.1 Å². The van der Waals surface area contributed by atoms with Crippen LogP contribution in [0.15, 0.2) is 18.3 Å². The molecule has 1 amide bonds. The van der Waals surface area contributed by atoms with Crippen molar-refractivity contribution in [2.75, 3.05) is 20.3 Å². The van der Waals surface area contributed by atoms with E-state index in [0.29, 0.717) is 24.7 Å². The number of rotatable bonds is 6. The maximum atomic E-state index is 12.3. The highest BCUT2D eigenvalue weighted by Crippen LogP contribution is 2.16. The van der Waals surface area contributed by atoms with Gasteiger partial charge >= 0.3 is 5.97 Å². The van der Waals surface area contributed by atoms with Gasteiger partial charge in [-0.15, -0.1) is 0 Å². The zero-order valence-corrected chi connectivity index (χ0v) is 14.3. The topological polar surface area (TPSA) is 86.8 Å². The van der Waals surface area contributed by atoms with Crippen LogP contribution in [0.5, 0.6) is 5.88 Å². The van der Waals surface area contributed by atoms with Crippen LogP contribution in [-0.2, 0) is 14.3 Å². The van der Waals surface area contributed by atoms with E-state index in [4.69, 9.17) is 14.2 Å². The fourth-order valence-corrected chi connectivity index (χ4v) is 2.40. The molecule has 1 aliphatic rings.